The summed E-state index contributed by atoms with van der Waals surface area (Å²) in [5.41, 5.74) is 0.455. The quantitative estimate of drug-likeness (QED) is 0.693. The summed E-state index contributed by atoms with van der Waals surface area (Å²) in [5.74, 6) is -0.404. The molecule has 0 radical (unpaired) electrons. The van der Waals surface area contributed by atoms with Crippen molar-refractivity contribution in [3.8, 4) is 0 Å². The first-order valence-corrected chi connectivity index (χ1v) is 4.59. The van der Waals surface area contributed by atoms with Crippen LogP contribution in [0.1, 0.15) is 41.0 Å². The largest absolute Gasteiger partial charge is 0.476 e. The highest BCUT2D eigenvalue weighted by Gasteiger charge is 2.28. The number of carboxylic acid groups (broad SMARTS) is 1. The maximum Gasteiger partial charge on any atom is 0.356 e. The molecule has 1 atom stereocenters. The normalized spacial score (nSPS) is 20.6. The molecule has 1 aromatic heterocycles. The monoisotopic (exact) mass is 196 g/mol. The van der Waals surface area contributed by atoms with E-state index in [9.17, 15) is 9.90 Å². The van der Waals surface area contributed by atoms with E-state index < -0.39 is 12.1 Å². The van der Waals surface area contributed by atoms with Gasteiger partial charge in [-0.3, -0.25) is 0 Å². The second-order valence-corrected chi connectivity index (χ2v) is 3.51. The van der Waals surface area contributed by atoms with Crippen molar-refractivity contribution in [2.75, 3.05) is 0 Å². The van der Waals surface area contributed by atoms with Crippen molar-refractivity contribution in [2.45, 2.75) is 32.4 Å². The zero-order chi connectivity index (χ0) is 10.3. The van der Waals surface area contributed by atoms with Crippen LogP contribution in [0.2, 0.25) is 0 Å². The molecule has 1 aliphatic heterocycles. The maximum atomic E-state index is 10.8. The summed E-state index contributed by atoms with van der Waals surface area (Å²) in [6.07, 6.45) is 0.798. The van der Waals surface area contributed by atoms with Crippen molar-refractivity contribution in [1.29, 1.82) is 0 Å². The van der Waals surface area contributed by atoms with Crippen LogP contribution >= 0.6 is 0 Å². The third-order valence-electron chi connectivity index (χ3n) is 2.58. The Bertz CT molecular complexity index is 384. The lowest BCUT2D eigenvalue weighted by Crippen LogP contribution is -2.18. The van der Waals surface area contributed by atoms with Crippen LogP contribution < -0.4 is 0 Å². The molecule has 5 nitrogen and oxygen atoms in total. The molecule has 0 saturated carbocycles. The Morgan fingerprint density at radius 3 is 3.00 bits per heavy atom. The molecule has 0 saturated heterocycles. The molecule has 0 fully saturated rings. The molecule has 2 rings (SSSR count). The topological polar surface area (TPSA) is 75.3 Å². The maximum absolute atomic E-state index is 10.8. The van der Waals surface area contributed by atoms with E-state index in [2.05, 4.69) is 4.98 Å². The number of nitrogens with zero attached hydrogens (tertiary/aromatic N) is 2. The minimum atomic E-state index is -1.07. The summed E-state index contributed by atoms with van der Waals surface area (Å²) in [7, 11) is 0. The molecule has 1 unspecified atom stereocenters. The molecule has 0 aromatic carbocycles. The average molecular weight is 196 g/mol. The van der Waals surface area contributed by atoms with Gasteiger partial charge in [0, 0.05) is 6.54 Å². The number of aliphatic hydroxyl groups excluding tert-OH is 1. The number of imidazole rings is 1. The molecule has 0 amide bonds. The highest BCUT2D eigenvalue weighted by molar-refractivity contribution is 5.87. The van der Waals surface area contributed by atoms with Gasteiger partial charge < -0.3 is 14.8 Å². The molecule has 2 N–H and O–H groups in total. The van der Waals surface area contributed by atoms with E-state index in [1.807, 2.05) is 0 Å². The fourth-order valence-corrected chi connectivity index (χ4v) is 1.94. The minimum absolute atomic E-state index is 0.00491. The predicted molar refractivity (Wildman–Crippen MR) is 48.1 cm³/mol. The summed E-state index contributed by atoms with van der Waals surface area (Å²) in [6.45, 7) is 2.51. The molecule has 0 spiro atoms. The number of rotatable bonds is 1. The van der Waals surface area contributed by atoms with E-state index in [4.69, 9.17) is 5.11 Å². The van der Waals surface area contributed by atoms with Crippen molar-refractivity contribution in [3.05, 3.63) is 17.2 Å². The lowest BCUT2D eigenvalue weighted by molar-refractivity contribution is 0.0677. The number of carbonyl (C=O) groups is 1. The number of aromatic nitrogens is 2. The fraction of sp³-hybridized carbons (Fsp3) is 0.556. The molecular formula is C9H12N2O3. The van der Waals surface area contributed by atoms with Gasteiger partial charge in [-0.2, -0.15) is 0 Å². The van der Waals surface area contributed by atoms with Crippen molar-refractivity contribution in [3.63, 3.8) is 0 Å². The molecule has 1 aromatic rings. The van der Waals surface area contributed by atoms with Crippen molar-refractivity contribution >= 4 is 5.97 Å². The van der Waals surface area contributed by atoms with Gasteiger partial charge in [0.1, 0.15) is 5.82 Å². The third-order valence-corrected chi connectivity index (χ3v) is 2.58. The van der Waals surface area contributed by atoms with Gasteiger partial charge in [-0.1, -0.05) is 0 Å². The van der Waals surface area contributed by atoms with Gasteiger partial charge in [-0.15, -0.1) is 0 Å². The Balaban J connectivity index is 2.59. The van der Waals surface area contributed by atoms with Crippen LogP contribution in [-0.4, -0.2) is 25.7 Å². The number of hydrogen-bond acceptors (Lipinski definition) is 3. The molecule has 76 valence electrons. The van der Waals surface area contributed by atoms with Crippen LogP contribution in [0.4, 0.5) is 0 Å². The smallest absolute Gasteiger partial charge is 0.356 e. The van der Waals surface area contributed by atoms with E-state index in [1.165, 1.54) is 0 Å². The molecule has 14 heavy (non-hydrogen) atoms. The Labute approximate surface area is 81.0 Å². The summed E-state index contributed by atoms with van der Waals surface area (Å²) < 4.78 is 1.79. The first-order valence-electron chi connectivity index (χ1n) is 4.59. The summed E-state index contributed by atoms with van der Waals surface area (Å²) in [5, 5.41) is 18.6. The van der Waals surface area contributed by atoms with E-state index in [0.717, 1.165) is 13.0 Å². The van der Waals surface area contributed by atoms with Crippen LogP contribution in [0, 0.1) is 6.92 Å². The fourth-order valence-electron chi connectivity index (χ4n) is 1.94. The van der Waals surface area contributed by atoms with Crippen LogP contribution in [0.15, 0.2) is 0 Å². The van der Waals surface area contributed by atoms with Crippen LogP contribution in [0.25, 0.3) is 0 Å². The van der Waals surface area contributed by atoms with Gasteiger partial charge in [0.15, 0.2) is 5.69 Å². The SMILES string of the molecule is Cc1nc(C(=O)O)c2n1CCCC2O. The molecule has 1 aliphatic rings. The third kappa shape index (κ3) is 1.21. The number of aromatic carboxylic acids is 1. The van der Waals surface area contributed by atoms with E-state index >= 15 is 0 Å². The van der Waals surface area contributed by atoms with Gasteiger partial charge in [0.05, 0.1) is 11.8 Å². The van der Waals surface area contributed by atoms with Gasteiger partial charge in [-0.05, 0) is 19.8 Å². The van der Waals surface area contributed by atoms with E-state index in [0.29, 0.717) is 17.9 Å². The lowest BCUT2D eigenvalue weighted by Gasteiger charge is -2.21. The molecule has 0 aliphatic carbocycles. The molecule has 5 heteroatoms. The van der Waals surface area contributed by atoms with E-state index in [1.54, 1.807) is 11.5 Å². The molecule has 0 bridgehead atoms. The number of hydrogen-bond donors (Lipinski definition) is 2. The Kier molecular flexibility index (Phi) is 2.03. The standard InChI is InChI=1S/C9H12N2O3/c1-5-10-7(9(13)14)8-6(12)3-2-4-11(5)8/h6,12H,2-4H2,1H3,(H,13,14). The highest BCUT2D eigenvalue weighted by atomic mass is 16.4. The first kappa shape index (κ1) is 9.21. The molecule has 2 heterocycles. The Morgan fingerprint density at radius 1 is 1.64 bits per heavy atom. The van der Waals surface area contributed by atoms with Crippen LogP contribution in [0.3, 0.4) is 0 Å². The minimum Gasteiger partial charge on any atom is -0.476 e. The molecular weight excluding hydrogens is 184 g/mol. The van der Waals surface area contributed by atoms with Crippen molar-refractivity contribution in [2.24, 2.45) is 0 Å². The zero-order valence-corrected chi connectivity index (χ0v) is 7.90. The van der Waals surface area contributed by atoms with Gasteiger partial charge in [-0.25, -0.2) is 9.78 Å². The van der Waals surface area contributed by atoms with Crippen molar-refractivity contribution < 1.29 is 15.0 Å². The second kappa shape index (κ2) is 3.09. The van der Waals surface area contributed by atoms with Gasteiger partial charge in [0.25, 0.3) is 0 Å². The summed E-state index contributed by atoms with van der Waals surface area (Å²) >= 11 is 0. The highest BCUT2D eigenvalue weighted by Crippen LogP contribution is 2.28. The van der Waals surface area contributed by atoms with Crippen molar-refractivity contribution in [1.82, 2.24) is 9.55 Å². The zero-order valence-electron chi connectivity index (χ0n) is 7.90. The summed E-state index contributed by atoms with van der Waals surface area (Å²) in [6, 6.07) is 0. The van der Waals surface area contributed by atoms with Crippen LogP contribution in [0.5, 0.6) is 0 Å². The number of aryl methyl sites for hydroxylation is 1. The lowest BCUT2D eigenvalue weighted by atomic mass is 10.1. The van der Waals surface area contributed by atoms with Crippen LogP contribution in [-0.2, 0) is 6.54 Å². The number of carboxylic acids is 1. The van der Waals surface area contributed by atoms with E-state index in [-0.39, 0.29) is 5.69 Å². The number of fused-ring (bicyclic) bond motifs is 1. The summed E-state index contributed by atoms with van der Waals surface area (Å²) in [4.78, 5) is 14.8. The Morgan fingerprint density at radius 2 is 2.36 bits per heavy atom. The first-order chi connectivity index (χ1) is 6.61. The second-order valence-electron chi connectivity index (χ2n) is 3.51. The average Bonchev–Trinajstić information content (AvgIpc) is 2.46. The Hall–Kier alpha value is -1.36. The number of aliphatic hydroxyl groups is 1. The predicted octanol–water partition coefficient (Wildman–Crippen LogP) is 0.717. The van der Waals surface area contributed by atoms with Gasteiger partial charge >= 0.3 is 5.97 Å². The van der Waals surface area contributed by atoms with Gasteiger partial charge in [0.2, 0.25) is 0 Å².